The van der Waals surface area contributed by atoms with Gasteiger partial charge in [-0.3, -0.25) is 4.72 Å². The molecule has 0 atom stereocenters. The molecule has 0 amide bonds. The van der Waals surface area contributed by atoms with E-state index in [0.29, 0.717) is 29.1 Å². The van der Waals surface area contributed by atoms with E-state index in [1.54, 1.807) is 49.4 Å². The van der Waals surface area contributed by atoms with Crippen LogP contribution in [0.4, 0.5) is 5.69 Å². The topological polar surface area (TPSA) is 83.5 Å². The van der Waals surface area contributed by atoms with Gasteiger partial charge in [0.05, 0.1) is 11.3 Å². The zero-order valence-electron chi connectivity index (χ0n) is 17.1. The summed E-state index contributed by atoms with van der Waals surface area (Å²) in [5, 5.41) is 10.6. The van der Waals surface area contributed by atoms with Crippen LogP contribution in [0.2, 0.25) is 5.02 Å². The van der Waals surface area contributed by atoms with Crippen LogP contribution in [0.5, 0.6) is 0 Å². The van der Waals surface area contributed by atoms with Gasteiger partial charge in [-0.2, -0.15) is 0 Å². The maximum absolute atomic E-state index is 13.2. The number of hydrogen-bond acceptors (Lipinski definition) is 4. The first-order valence-electron chi connectivity index (χ1n) is 9.86. The lowest BCUT2D eigenvalue weighted by molar-refractivity contribution is 0.0696. The van der Waals surface area contributed by atoms with E-state index in [0.717, 1.165) is 21.2 Å². The average molecular weight is 486 g/mol. The fourth-order valence-corrected chi connectivity index (χ4v) is 6.62. The van der Waals surface area contributed by atoms with E-state index in [1.807, 2.05) is 24.3 Å². The number of aromatic carboxylic acids is 1. The van der Waals surface area contributed by atoms with Crippen molar-refractivity contribution < 1.29 is 18.3 Å². The van der Waals surface area contributed by atoms with E-state index in [4.69, 9.17) is 11.6 Å². The summed E-state index contributed by atoms with van der Waals surface area (Å²) in [6.45, 7) is 1.78. The first-order valence-corrected chi connectivity index (χ1v) is 12.5. The van der Waals surface area contributed by atoms with Crippen LogP contribution in [0, 0.1) is 6.92 Å². The maximum Gasteiger partial charge on any atom is 0.335 e. The van der Waals surface area contributed by atoms with Gasteiger partial charge < -0.3 is 5.11 Å². The molecule has 2 N–H and O–H groups in total. The van der Waals surface area contributed by atoms with Gasteiger partial charge in [-0.15, -0.1) is 11.3 Å². The summed E-state index contributed by atoms with van der Waals surface area (Å²) >= 11 is 7.30. The molecule has 5 nitrogen and oxygen atoms in total. The van der Waals surface area contributed by atoms with Crippen molar-refractivity contribution in [1.82, 2.24) is 0 Å². The predicted octanol–water partition coefficient (Wildman–Crippen LogP) is 6.15. The number of halogens is 1. The van der Waals surface area contributed by atoms with E-state index < -0.39 is 16.0 Å². The van der Waals surface area contributed by atoms with Crippen LogP contribution in [0.1, 0.15) is 27.0 Å². The molecular weight excluding hydrogens is 466 g/mol. The molecule has 0 unspecified atom stereocenters. The molecule has 164 valence electrons. The quantitative estimate of drug-likeness (QED) is 0.329. The summed E-state index contributed by atoms with van der Waals surface area (Å²) in [5.41, 5.74) is 3.12. The molecule has 8 heteroatoms. The minimum Gasteiger partial charge on any atom is -0.478 e. The SMILES string of the molecule is Cc1c(S(=O)(=O)Nc2ccccc2CCc2cccc(C(=O)O)c2)sc2ccc(Cl)cc12. The fourth-order valence-electron chi connectivity index (χ4n) is 3.59. The Kier molecular flexibility index (Phi) is 6.24. The van der Waals surface area contributed by atoms with E-state index in [1.165, 1.54) is 11.3 Å². The Morgan fingerprint density at radius 1 is 1.03 bits per heavy atom. The van der Waals surface area contributed by atoms with Gasteiger partial charge in [0, 0.05) is 9.72 Å². The molecule has 4 rings (SSSR count). The fraction of sp³-hybridized carbons (Fsp3) is 0.125. The summed E-state index contributed by atoms with van der Waals surface area (Å²) in [7, 11) is -3.79. The number of rotatable bonds is 7. The molecule has 4 aromatic rings. The number of hydrogen-bond donors (Lipinski definition) is 2. The molecule has 0 saturated carbocycles. The maximum atomic E-state index is 13.2. The Balaban J connectivity index is 1.60. The van der Waals surface area contributed by atoms with Gasteiger partial charge in [0.15, 0.2) is 0 Å². The number of aryl methyl sites for hydroxylation is 3. The molecule has 3 aromatic carbocycles. The van der Waals surface area contributed by atoms with Crippen molar-refractivity contribution in [3.8, 4) is 0 Å². The Morgan fingerprint density at radius 2 is 1.81 bits per heavy atom. The summed E-state index contributed by atoms with van der Waals surface area (Å²) in [6, 6.07) is 19.4. The number of fused-ring (bicyclic) bond motifs is 1. The molecule has 1 aromatic heterocycles. The van der Waals surface area contributed by atoms with Gasteiger partial charge >= 0.3 is 5.97 Å². The first kappa shape index (κ1) is 22.3. The number of nitrogens with one attached hydrogen (secondary N) is 1. The van der Waals surface area contributed by atoms with Crippen LogP contribution in [0.3, 0.4) is 0 Å². The van der Waals surface area contributed by atoms with E-state index in [2.05, 4.69) is 4.72 Å². The van der Waals surface area contributed by atoms with Crippen LogP contribution in [-0.4, -0.2) is 19.5 Å². The lowest BCUT2D eigenvalue weighted by Gasteiger charge is -2.12. The van der Waals surface area contributed by atoms with E-state index in [-0.39, 0.29) is 9.77 Å². The second-order valence-electron chi connectivity index (χ2n) is 7.42. The van der Waals surface area contributed by atoms with Crippen molar-refractivity contribution in [2.24, 2.45) is 0 Å². The lowest BCUT2D eigenvalue weighted by Crippen LogP contribution is -2.14. The van der Waals surface area contributed by atoms with Crippen molar-refractivity contribution in [2.45, 2.75) is 24.0 Å². The molecular formula is C24H20ClNO4S2. The van der Waals surface area contributed by atoms with Crippen LogP contribution < -0.4 is 4.72 Å². The Bertz CT molecular complexity index is 1430. The van der Waals surface area contributed by atoms with Gasteiger partial charge in [0.1, 0.15) is 4.21 Å². The number of thiophene rings is 1. The monoisotopic (exact) mass is 485 g/mol. The zero-order chi connectivity index (χ0) is 22.9. The third-order valence-corrected chi connectivity index (χ3v) is 8.71. The molecule has 0 saturated heterocycles. The molecule has 32 heavy (non-hydrogen) atoms. The third kappa shape index (κ3) is 4.65. The van der Waals surface area contributed by atoms with E-state index in [9.17, 15) is 18.3 Å². The number of carboxylic acids is 1. The van der Waals surface area contributed by atoms with Crippen molar-refractivity contribution >= 4 is 54.7 Å². The molecule has 0 bridgehead atoms. The highest BCUT2D eigenvalue weighted by molar-refractivity contribution is 7.94. The molecule has 0 aliphatic carbocycles. The zero-order valence-corrected chi connectivity index (χ0v) is 19.5. The number of benzene rings is 3. The normalized spacial score (nSPS) is 11.6. The number of carbonyl (C=O) groups is 1. The van der Waals surface area contributed by atoms with Crippen molar-refractivity contribution in [2.75, 3.05) is 4.72 Å². The summed E-state index contributed by atoms with van der Waals surface area (Å²) in [5.74, 6) is -0.972. The largest absolute Gasteiger partial charge is 0.478 e. The standard InChI is InChI=1S/C24H20ClNO4S2/c1-15-20-14-19(25)11-12-22(20)31-24(15)32(29,30)26-21-8-3-2-6-17(21)10-9-16-5-4-7-18(13-16)23(27)28/h2-8,11-14,26H,9-10H2,1H3,(H,27,28). The predicted molar refractivity (Wildman–Crippen MR) is 130 cm³/mol. The number of para-hydroxylation sites is 1. The van der Waals surface area contributed by atoms with Crippen LogP contribution >= 0.6 is 22.9 Å². The minimum absolute atomic E-state index is 0.233. The first-order chi connectivity index (χ1) is 15.2. The van der Waals surface area contributed by atoms with Crippen molar-refractivity contribution in [3.05, 3.63) is 94.0 Å². The number of carboxylic acid groups (broad SMARTS) is 1. The molecule has 0 spiro atoms. The molecule has 0 radical (unpaired) electrons. The second kappa shape index (κ2) is 8.94. The van der Waals surface area contributed by atoms with Crippen molar-refractivity contribution in [1.29, 1.82) is 0 Å². The van der Waals surface area contributed by atoms with Gasteiger partial charge in [0.2, 0.25) is 0 Å². The van der Waals surface area contributed by atoms with Crippen LogP contribution in [-0.2, 0) is 22.9 Å². The third-order valence-electron chi connectivity index (χ3n) is 5.22. The van der Waals surface area contributed by atoms with Crippen LogP contribution in [0.15, 0.2) is 70.9 Å². The highest BCUT2D eigenvalue weighted by Crippen LogP contribution is 2.36. The number of anilines is 1. The second-order valence-corrected chi connectivity index (χ2v) is 10.8. The number of sulfonamides is 1. The van der Waals surface area contributed by atoms with Crippen LogP contribution in [0.25, 0.3) is 10.1 Å². The highest BCUT2D eigenvalue weighted by Gasteiger charge is 2.23. The Labute approximate surface area is 195 Å². The summed E-state index contributed by atoms with van der Waals surface area (Å²) < 4.78 is 30.3. The molecule has 0 fully saturated rings. The average Bonchev–Trinajstić information content (AvgIpc) is 3.10. The Hall–Kier alpha value is -2.87. The molecule has 0 aliphatic heterocycles. The molecule has 1 heterocycles. The molecule has 0 aliphatic rings. The van der Waals surface area contributed by atoms with Crippen molar-refractivity contribution in [3.63, 3.8) is 0 Å². The highest BCUT2D eigenvalue weighted by atomic mass is 35.5. The van der Waals surface area contributed by atoms with E-state index >= 15 is 0 Å². The Morgan fingerprint density at radius 3 is 2.59 bits per heavy atom. The summed E-state index contributed by atoms with van der Waals surface area (Å²) in [6.07, 6.45) is 1.14. The van der Waals surface area contributed by atoms with Gasteiger partial charge in [0.25, 0.3) is 10.0 Å². The smallest absolute Gasteiger partial charge is 0.335 e. The lowest BCUT2D eigenvalue weighted by atomic mass is 10.0. The van der Waals surface area contributed by atoms with Gasteiger partial charge in [-0.1, -0.05) is 41.9 Å². The van der Waals surface area contributed by atoms with Gasteiger partial charge in [-0.05, 0) is 78.2 Å². The minimum atomic E-state index is -3.79. The summed E-state index contributed by atoms with van der Waals surface area (Å²) in [4.78, 5) is 11.2. The van der Waals surface area contributed by atoms with Gasteiger partial charge in [-0.25, -0.2) is 13.2 Å².